The third-order valence-electron chi connectivity index (χ3n) is 5.84. The first-order chi connectivity index (χ1) is 14.8. The van der Waals surface area contributed by atoms with E-state index in [9.17, 15) is 4.79 Å². The minimum Gasteiger partial charge on any atom is -0.378 e. The molecule has 0 spiro atoms. The number of hydrogen-bond donors (Lipinski definition) is 2. The fraction of sp³-hybridized carbons (Fsp3) is 0.962. The van der Waals surface area contributed by atoms with Crippen LogP contribution in [-0.4, -0.2) is 32.2 Å². The van der Waals surface area contributed by atoms with Crippen molar-refractivity contribution in [2.75, 3.05) is 26.3 Å². The van der Waals surface area contributed by atoms with E-state index in [4.69, 9.17) is 10.5 Å². The Balaban J connectivity index is 3.08. The van der Waals surface area contributed by atoms with Gasteiger partial charge in [0.05, 0.1) is 13.2 Å². The van der Waals surface area contributed by atoms with Crippen LogP contribution in [-0.2, 0) is 9.53 Å². The van der Waals surface area contributed by atoms with Crippen LogP contribution in [0.3, 0.4) is 0 Å². The molecule has 0 rings (SSSR count). The van der Waals surface area contributed by atoms with Gasteiger partial charge >= 0.3 is 0 Å². The van der Waals surface area contributed by atoms with Crippen LogP contribution in [0.4, 0.5) is 0 Å². The molecule has 0 aliphatic heterocycles. The molecule has 0 atom stereocenters. The number of carbonyl (C=O) groups excluding carboxylic acids is 1. The summed E-state index contributed by atoms with van der Waals surface area (Å²) in [7, 11) is 0. The largest absolute Gasteiger partial charge is 0.378 e. The van der Waals surface area contributed by atoms with Crippen LogP contribution in [0.25, 0.3) is 0 Å². The molecule has 4 heteroatoms. The second kappa shape index (κ2) is 26.4. The van der Waals surface area contributed by atoms with Gasteiger partial charge in [0, 0.05) is 19.5 Å². The maximum absolute atomic E-state index is 11.7. The molecule has 0 aromatic carbocycles. The van der Waals surface area contributed by atoms with Crippen LogP contribution in [0.2, 0.25) is 0 Å². The zero-order valence-electron chi connectivity index (χ0n) is 20.4. The van der Waals surface area contributed by atoms with E-state index < -0.39 is 0 Å². The summed E-state index contributed by atoms with van der Waals surface area (Å²) in [5, 5.41) is 2.90. The molecule has 0 aliphatic rings. The molecule has 0 aromatic heterocycles. The Labute approximate surface area is 188 Å². The highest BCUT2D eigenvalue weighted by molar-refractivity contribution is 5.75. The van der Waals surface area contributed by atoms with Crippen molar-refractivity contribution in [3.63, 3.8) is 0 Å². The van der Waals surface area contributed by atoms with E-state index in [1.165, 1.54) is 116 Å². The van der Waals surface area contributed by atoms with Gasteiger partial charge in [0.15, 0.2) is 0 Å². The maximum Gasteiger partial charge on any atom is 0.220 e. The smallest absolute Gasteiger partial charge is 0.220 e. The van der Waals surface area contributed by atoms with E-state index in [2.05, 4.69) is 12.2 Å². The zero-order chi connectivity index (χ0) is 22.0. The predicted octanol–water partition coefficient (Wildman–Crippen LogP) is 6.90. The molecular weight excluding hydrogens is 372 g/mol. The highest BCUT2D eigenvalue weighted by Crippen LogP contribution is 2.14. The SMILES string of the molecule is CCCCCCCCCCCCCCCCCCCCCC(=O)NCCOCCN. The van der Waals surface area contributed by atoms with Gasteiger partial charge in [-0.2, -0.15) is 0 Å². The van der Waals surface area contributed by atoms with Crippen molar-refractivity contribution in [1.82, 2.24) is 5.32 Å². The second-order valence-electron chi connectivity index (χ2n) is 8.86. The van der Waals surface area contributed by atoms with Gasteiger partial charge in [-0.15, -0.1) is 0 Å². The molecule has 30 heavy (non-hydrogen) atoms. The normalized spacial score (nSPS) is 11.1. The van der Waals surface area contributed by atoms with Gasteiger partial charge in [0.2, 0.25) is 5.91 Å². The molecule has 0 aliphatic carbocycles. The summed E-state index contributed by atoms with van der Waals surface area (Å²) in [5.41, 5.74) is 5.34. The Hall–Kier alpha value is -0.610. The molecule has 0 heterocycles. The molecule has 180 valence electrons. The maximum atomic E-state index is 11.7. The number of hydrogen-bond acceptors (Lipinski definition) is 3. The Morgan fingerprint density at radius 2 is 1.03 bits per heavy atom. The van der Waals surface area contributed by atoms with Crippen molar-refractivity contribution >= 4 is 5.91 Å². The number of ether oxygens (including phenoxy) is 1. The summed E-state index contributed by atoms with van der Waals surface area (Å²) in [4.78, 5) is 11.7. The minimum atomic E-state index is 0.151. The Morgan fingerprint density at radius 1 is 0.633 bits per heavy atom. The second-order valence-corrected chi connectivity index (χ2v) is 8.86. The van der Waals surface area contributed by atoms with Crippen LogP contribution in [0, 0.1) is 0 Å². The van der Waals surface area contributed by atoms with Gasteiger partial charge in [-0.05, 0) is 6.42 Å². The summed E-state index contributed by atoms with van der Waals surface area (Å²) in [5.74, 6) is 0.151. The number of amides is 1. The van der Waals surface area contributed by atoms with Crippen LogP contribution >= 0.6 is 0 Å². The molecule has 0 unspecified atom stereocenters. The average Bonchev–Trinajstić information content (AvgIpc) is 2.75. The summed E-state index contributed by atoms with van der Waals surface area (Å²) < 4.78 is 5.24. The van der Waals surface area contributed by atoms with Crippen LogP contribution < -0.4 is 11.1 Å². The molecule has 0 saturated heterocycles. The third-order valence-corrected chi connectivity index (χ3v) is 5.84. The van der Waals surface area contributed by atoms with Gasteiger partial charge in [-0.3, -0.25) is 4.79 Å². The number of nitrogens with one attached hydrogen (secondary N) is 1. The van der Waals surface area contributed by atoms with Crippen molar-refractivity contribution < 1.29 is 9.53 Å². The lowest BCUT2D eigenvalue weighted by molar-refractivity contribution is -0.121. The fourth-order valence-corrected chi connectivity index (χ4v) is 3.90. The summed E-state index contributed by atoms with van der Waals surface area (Å²) >= 11 is 0. The fourth-order valence-electron chi connectivity index (χ4n) is 3.90. The Morgan fingerprint density at radius 3 is 1.43 bits per heavy atom. The molecule has 4 nitrogen and oxygen atoms in total. The molecule has 0 fully saturated rings. The standard InChI is InChI=1S/C26H54N2O2/c1-2-3-4-5-6-7-8-9-10-11-12-13-14-15-16-17-18-19-20-21-26(29)28-23-25-30-24-22-27/h2-25,27H2,1H3,(H,28,29). The predicted molar refractivity (Wildman–Crippen MR) is 131 cm³/mol. The summed E-state index contributed by atoms with van der Waals surface area (Å²) in [6.07, 6.45) is 26.8. The molecule has 0 radical (unpaired) electrons. The van der Waals surface area contributed by atoms with Gasteiger partial charge in [-0.25, -0.2) is 0 Å². The first-order valence-corrected chi connectivity index (χ1v) is 13.4. The lowest BCUT2D eigenvalue weighted by Crippen LogP contribution is -2.27. The monoisotopic (exact) mass is 426 g/mol. The summed E-state index contributed by atoms with van der Waals surface area (Å²) in [6, 6.07) is 0. The van der Waals surface area contributed by atoms with E-state index in [1.54, 1.807) is 0 Å². The van der Waals surface area contributed by atoms with Crippen molar-refractivity contribution in [3.8, 4) is 0 Å². The van der Waals surface area contributed by atoms with E-state index >= 15 is 0 Å². The Kier molecular flexibility index (Phi) is 25.9. The molecule has 0 bridgehead atoms. The lowest BCUT2D eigenvalue weighted by atomic mass is 10.0. The molecule has 0 aromatic rings. The highest BCUT2D eigenvalue weighted by Gasteiger charge is 2.00. The molecule has 0 saturated carbocycles. The van der Waals surface area contributed by atoms with E-state index in [-0.39, 0.29) is 5.91 Å². The average molecular weight is 427 g/mol. The number of rotatable bonds is 25. The molecular formula is C26H54N2O2. The van der Waals surface area contributed by atoms with Crippen molar-refractivity contribution in [2.24, 2.45) is 5.73 Å². The van der Waals surface area contributed by atoms with E-state index in [0.717, 1.165) is 6.42 Å². The van der Waals surface area contributed by atoms with E-state index in [0.29, 0.717) is 32.7 Å². The summed E-state index contributed by atoms with van der Waals surface area (Å²) in [6.45, 7) is 4.54. The number of carbonyl (C=O) groups is 1. The number of unbranched alkanes of at least 4 members (excludes halogenated alkanes) is 18. The van der Waals surface area contributed by atoms with Crippen molar-refractivity contribution in [2.45, 2.75) is 135 Å². The van der Waals surface area contributed by atoms with Gasteiger partial charge in [0.1, 0.15) is 0 Å². The molecule has 3 N–H and O–H groups in total. The van der Waals surface area contributed by atoms with Crippen LogP contribution in [0.1, 0.15) is 135 Å². The Bertz CT molecular complexity index is 337. The first-order valence-electron chi connectivity index (χ1n) is 13.4. The number of nitrogens with two attached hydrogens (primary N) is 1. The van der Waals surface area contributed by atoms with Gasteiger partial charge < -0.3 is 15.8 Å². The van der Waals surface area contributed by atoms with Gasteiger partial charge in [0.25, 0.3) is 0 Å². The van der Waals surface area contributed by atoms with Crippen molar-refractivity contribution in [1.29, 1.82) is 0 Å². The van der Waals surface area contributed by atoms with Crippen molar-refractivity contribution in [3.05, 3.63) is 0 Å². The van der Waals surface area contributed by atoms with Gasteiger partial charge in [-0.1, -0.05) is 122 Å². The highest BCUT2D eigenvalue weighted by atomic mass is 16.5. The van der Waals surface area contributed by atoms with E-state index in [1.807, 2.05) is 0 Å². The minimum absolute atomic E-state index is 0.151. The molecule has 1 amide bonds. The topological polar surface area (TPSA) is 64.3 Å². The van der Waals surface area contributed by atoms with Crippen LogP contribution in [0.5, 0.6) is 0 Å². The lowest BCUT2D eigenvalue weighted by Gasteiger charge is -2.06. The first kappa shape index (κ1) is 29.4. The third kappa shape index (κ3) is 25.4. The van der Waals surface area contributed by atoms with Crippen LogP contribution in [0.15, 0.2) is 0 Å². The zero-order valence-corrected chi connectivity index (χ0v) is 20.4. The quantitative estimate of drug-likeness (QED) is 0.156.